The Balaban J connectivity index is 1.64. The second kappa shape index (κ2) is 16.7. The monoisotopic (exact) mass is 682 g/mol. The predicted molar refractivity (Wildman–Crippen MR) is 188 cm³/mol. The van der Waals surface area contributed by atoms with Crippen molar-refractivity contribution in [3.05, 3.63) is 110 Å². The first-order valence-electron chi connectivity index (χ1n) is 16.1. The van der Waals surface area contributed by atoms with Crippen LogP contribution in [0.1, 0.15) is 67.3 Å². The summed E-state index contributed by atoms with van der Waals surface area (Å²) in [6.45, 7) is 7.49. The maximum Gasteiger partial charge on any atom is 0.432 e. The molecule has 1 aliphatic rings. The first-order chi connectivity index (χ1) is 23.6. The van der Waals surface area contributed by atoms with E-state index >= 15 is 0 Å². The summed E-state index contributed by atoms with van der Waals surface area (Å²) in [7, 11) is 0. The zero-order valence-corrected chi connectivity index (χ0v) is 28.5. The Hall–Kier alpha value is -5.24. The van der Waals surface area contributed by atoms with Gasteiger partial charge in [0.1, 0.15) is 36.1 Å². The number of halogens is 3. The van der Waals surface area contributed by atoms with Gasteiger partial charge in [0.15, 0.2) is 11.3 Å². The fourth-order valence-electron chi connectivity index (χ4n) is 5.21. The van der Waals surface area contributed by atoms with Gasteiger partial charge in [-0.1, -0.05) is 63.1 Å². The molecule has 252 valence electrons. The Bertz CT molecular complexity index is 1850. The maximum absolute atomic E-state index is 14.2. The Labute approximate surface area is 289 Å². The van der Waals surface area contributed by atoms with Crippen molar-refractivity contribution in [2.75, 3.05) is 18.0 Å². The lowest BCUT2D eigenvalue weighted by molar-refractivity contribution is -0.236. The van der Waals surface area contributed by atoms with Crippen molar-refractivity contribution in [1.29, 1.82) is 15.8 Å². The molecule has 0 N–H and O–H groups in total. The van der Waals surface area contributed by atoms with Crippen LogP contribution in [0.4, 0.5) is 18.9 Å². The van der Waals surface area contributed by atoms with E-state index < -0.39 is 34.3 Å². The van der Waals surface area contributed by atoms with Crippen LogP contribution in [-0.2, 0) is 11.3 Å². The number of alkyl halides is 3. The Morgan fingerprint density at radius 1 is 0.898 bits per heavy atom. The van der Waals surface area contributed by atoms with Crippen molar-refractivity contribution in [2.45, 2.75) is 64.8 Å². The highest BCUT2D eigenvalue weighted by atomic mass is 32.1. The lowest BCUT2D eigenvalue weighted by atomic mass is 9.92. The molecule has 0 saturated heterocycles. The molecular weight excluding hydrogens is 646 g/mol. The van der Waals surface area contributed by atoms with E-state index in [4.69, 9.17) is 9.47 Å². The second-order valence-corrected chi connectivity index (χ2v) is 12.7. The Kier molecular flexibility index (Phi) is 12.5. The molecule has 3 aromatic rings. The molecule has 1 atom stereocenters. The average molecular weight is 683 g/mol. The molecule has 0 aliphatic carbocycles. The van der Waals surface area contributed by atoms with Gasteiger partial charge in [-0.25, -0.2) is 0 Å². The fraction of sp³-hybridized carbons (Fsp3) is 0.308. The SMILES string of the molecule is CCCCN(CCCC)c1ccc(C=Cc2ccc(C=CC3=C(C#N)C(=C(C#N)C#N)OC3(C)C(F)(F)F)s2)c(OCc2ccccc2)c1. The Morgan fingerprint density at radius 2 is 1.53 bits per heavy atom. The summed E-state index contributed by atoms with van der Waals surface area (Å²) in [6.07, 6.45) is 5.98. The van der Waals surface area contributed by atoms with Crippen LogP contribution in [0.2, 0.25) is 0 Å². The number of benzene rings is 2. The van der Waals surface area contributed by atoms with Gasteiger partial charge in [0.25, 0.3) is 0 Å². The van der Waals surface area contributed by atoms with Gasteiger partial charge < -0.3 is 14.4 Å². The number of anilines is 1. The van der Waals surface area contributed by atoms with E-state index in [0.717, 1.165) is 73.1 Å². The third kappa shape index (κ3) is 8.82. The van der Waals surface area contributed by atoms with Crippen molar-refractivity contribution in [1.82, 2.24) is 0 Å². The standard InChI is InChI=1S/C39H37F3N4O2S/c1-4-6-21-46(22-7-5-2)31-15-13-29(36(23-31)47-27-28-11-9-8-10-12-28)14-16-32-17-18-33(49-32)19-20-35-34(26-45)37(30(24-43)25-44)48-38(35,3)39(40,41)42/h8-20,23H,4-7,21-22,27H2,1-3H3. The zero-order valence-electron chi connectivity index (χ0n) is 27.7. The van der Waals surface area contributed by atoms with Crippen LogP contribution in [0, 0.1) is 34.0 Å². The number of ether oxygens (including phenoxy) is 2. The molecule has 0 bridgehead atoms. The summed E-state index contributed by atoms with van der Waals surface area (Å²) in [6, 6.07) is 24.5. The topological polar surface area (TPSA) is 93.1 Å². The van der Waals surface area contributed by atoms with Gasteiger partial charge in [0.2, 0.25) is 5.60 Å². The number of hydrogen-bond acceptors (Lipinski definition) is 7. The number of thiophene rings is 1. The minimum absolute atomic E-state index is 0.408. The number of rotatable bonds is 14. The summed E-state index contributed by atoms with van der Waals surface area (Å²) in [5.41, 5.74) is -1.54. The van der Waals surface area contributed by atoms with E-state index in [2.05, 4.69) is 30.9 Å². The number of hydrogen-bond donors (Lipinski definition) is 0. The van der Waals surface area contributed by atoms with Crippen LogP contribution in [0.25, 0.3) is 18.2 Å². The van der Waals surface area contributed by atoms with Crippen molar-refractivity contribution in [2.24, 2.45) is 0 Å². The highest BCUT2D eigenvalue weighted by molar-refractivity contribution is 7.13. The van der Waals surface area contributed by atoms with E-state index in [9.17, 15) is 29.0 Å². The van der Waals surface area contributed by atoms with Gasteiger partial charge in [0.05, 0.1) is 0 Å². The highest BCUT2D eigenvalue weighted by Crippen LogP contribution is 2.49. The third-order valence-corrected chi connectivity index (χ3v) is 9.09. The van der Waals surface area contributed by atoms with E-state index in [-0.39, 0.29) is 0 Å². The maximum atomic E-state index is 14.2. The number of nitrogens with zero attached hydrogens (tertiary/aromatic N) is 4. The van der Waals surface area contributed by atoms with E-state index in [1.807, 2.05) is 54.6 Å². The first kappa shape index (κ1) is 36.6. The summed E-state index contributed by atoms with van der Waals surface area (Å²) in [4.78, 5) is 3.88. The predicted octanol–water partition coefficient (Wildman–Crippen LogP) is 10.4. The van der Waals surface area contributed by atoms with Gasteiger partial charge in [0, 0.05) is 45.7 Å². The lowest BCUT2D eigenvalue weighted by Crippen LogP contribution is -2.43. The molecule has 1 aliphatic heterocycles. The van der Waals surface area contributed by atoms with Gasteiger partial charge in [-0.15, -0.1) is 11.3 Å². The molecule has 2 aromatic carbocycles. The summed E-state index contributed by atoms with van der Waals surface area (Å²) in [5.74, 6) is 0.0748. The van der Waals surface area contributed by atoms with E-state index in [1.165, 1.54) is 35.6 Å². The minimum Gasteiger partial charge on any atom is -0.488 e. The molecule has 1 aromatic heterocycles. The van der Waals surface area contributed by atoms with Gasteiger partial charge in [-0.3, -0.25) is 0 Å². The molecule has 0 fully saturated rings. The van der Waals surface area contributed by atoms with Crippen molar-refractivity contribution in [3.8, 4) is 24.0 Å². The molecule has 49 heavy (non-hydrogen) atoms. The summed E-state index contributed by atoms with van der Waals surface area (Å²) < 4.78 is 54.1. The number of allylic oxidation sites excluding steroid dienone is 2. The average Bonchev–Trinajstić information content (AvgIpc) is 3.68. The largest absolute Gasteiger partial charge is 0.488 e. The van der Waals surface area contributed by atoms with Crippen molar-refractivity contribution >= 4 is 35.3 Å². The molecule has 0 saturated carbocycles. The number of nitriles is 3. The van der Waals surface area contributed by atoms with Crippen LogP contribution in [0.5, 0.6) is 5.75 Å². The quantitative estimate of drug-likeness (QED) is 0.157. The smallest absolute Gasteiger partial charge is 0.432 e. The highest BCUT2D eigenvalue weighted by Gasteiger charge is 2.60. The van der Waals surface area contributed by atoms with Gasteiger partial charge in [-0.2, -0.15) is 29.0 Å². The molecule has 10 heteroatoms. The normalized spacial score (nSPS) is 16.0. The first-order valence-corrected chi connectivity index (χ1v) is 16.9. The van der Waals surface area contributed by atoms with Crippen LogP contribution in [-0.4, -0.2) is 24.9 Å². The summed E-state index contributed by atoms with van der Waals surface area (Å²) >= 11 is 1.34. The second-order valence-electron chi connectivity index (χ2n) is 11.6. The fourth-order valence-corrected chi connectivity index (χ4v) is 6.02. The van der Waals surface area contributed by atoms with E-state index in [1.54, 1.807) is 12.1 Å². The molecule has 0 spiro atoms. The molecule has 0 radical (unpaired) electrons. The van der Waals surface area contributed by atoms with E-state index in [0.29, 0.717) is 11.5 Å². The molecule has 2 heterocycles. The molecular formula is C39H37F3N4O2S. The van der Waals surface area contributed by atoms with Crippen LogP contribution < -0.4 is 9.64 Å². The number of unbranched alkanes of at least 4 members (excludes halogenated alkanes) is 2. The van der Waals surface area contributed by atoms with Crippen molar-refractivity contribution in [3.63, 3.8) is 0 Å². The lowest BCUT2D eigenvalue weighted by Gasteiger charge is -2.28. The van der Waals surface area contributed by atoms with Gasteiger partial charge in [-0.05, 0) is 67.8 Å². The third-order valence-electron chi connectivity index (χ3n) is 8.07. The minimum atomic E-state index is -4.92. The van der Waals surface area contributed by atoms with Crippen LogP contribution in [0.3, 0.4) is 0 Å². The molecule has 4 rings (SSSR count). The Morgan fingerprint density at radius 3 is 2.10 bits per heavy atom. The zero-order chi connectivity index (χ0) is 35.4. The molecule has 0 amide bonds. The summed E-state index contributed by atoms with van der Waals surface area (Å²) in [5, 5.41) is 28.2. The molecule has 1 unspecified atom stereocenters. The van der Waals surface area contributed by atoms with Crippen LogP contribution >= 0.6 is 11.3 Å². The van der Waals surface area contributed by atoms with Crippen LogP contribution in [0.15, 0.2) is 89.2 Å². The van der Waals surface area contributed by atoms with Gasteiger partial charge >= 0.3 is 6.18 Å². The van der Waals surface area contributed by atoms with Crippen molar-refractivity contribution < 1.29 is 22.6 Å². The molecule has 6 nitrogen and oxygen atoms in total.